The summed E-state index contributed by atoms with van der Waals surface area (Å²) in [5.41, 5.74) is 6.02. The van der Waals surface area contributed by atoms with Crippen LogP contribution in [-0.4, -0.2) is 0 Å². The van der Waals surface area contributed by atoms with E-state index in [1.54, 1.807) is 0 Å². The average Bonchev–Trinajstić information content (AvgIpc) is 3.15. The smallest absolute Gasteiger partial charge is 0.307 e. The first kappa shape index (κ1) is 31.5. The number of hydrogen-bond acceptors (Lipinski definition) is 4. The van der Waals surface area contributed by atoms with Crippen molar-refractivity contribution in [2.24, 2.45) is 0 Å². The second-order valence-corrected chi connectivity index (χ2v) is 16.2. The first-order valence-electron chi connectivity index (χ1n) is 15.8. The summed E-state index contributed by atoms with van der Waals surface area (Å²) in [7, 11) is -6.30. The van der Waals surface area contributed by atoms with E-state index in [4.69, 9.17) is 9.05 Å². The monoisotopic (exact) mass is 664 g/mol. The Balaban J connectivity index is 0.000000152. The van der Waals surface area contributed by atoms with Crippen molar-refractivity contribution in [2.45, 2.75) is 13.8 Å². The topological polar surface area (TPSA) is 52.6 Å². The van der Waals surface area contributed by atoms with Gasteiger partial charge in [-0.15, -0.1) is 0 Å². The lowest BCUT2D eigenvalue weighted by atomic mass is 9.97. The molecule has 6 aromatic rings. The van der Waals surface area contributed by atoms with Crippen LogP contribution in [0.1, 0.15) is 36.1 Å². The highest BCUT2D eigenvalue weighted by Gasteiger charge is 2.39. The average molecular weight is 665 g/mol. The van der Waals surface area contributed by atoms with E-state index in [1.165, 1.54) is 0 Å². The first-order chi connectivity index (χ1) is 23.4. The largest absolute Gasteiger partial charge is 0.441 e. The molecule has 6 heteroatoms. The number of allylic oxidation sites excluding steroid dienone is 2. The normalized spacial score (nSPS) is 19.5. The standard InChI is InChI=1S/2C21H17O2P/c1-16-21(17-10-4-2-5-11-17)19-14-8-9-15-20(19)24(22,23-16)18-12-6-3-7-13-18;1-16-19-14-8-9-15-20(19)24(22,18-12-6-3-7-13-18)23-21(16)17-10-4-2-5-11-17/h2*2-15H,1H3. The van der Waals surface area contributed by atoms with E-state index < -0.39 is 14.7 Å². The molecule has 0 amide bonds. The SMILES string of the molecule is CC1=C(c2ccccc2)OP(=O)(c2ccccc2)c2ccccc21.CC1=C(c2ccccc2)c2ccccc2P(=O)(c2ccccc2)O1. The van der Waals surface area contributed by atoms with E-state index in [1.807, 2.05) is 172 Å². The Hall–Kier alpha value is -5.14. The molecule has 2 aliphatic heterocycles. The quantitative estimate of drug-likeness (QED) is 0.176. The van der Waals surface area contributed by atoms with Gasteiger partial charge in [0, 0.05) is 22.3 Å². The summed E-state index contributed by atoms with van der Waals surface area (Å²) in [5.74, 6) is 1.40. The second kappa shape index (κ2) is 13.2. The van der Waals surface area contributed by atoms with Crippen LogP contribution in [0, 0.1) is 0 Å². The van der Waals surface area contributed by atoms with Gasteiger partial charge >= 0.3 is 14.7 Å². The fraction of sp³-hybridized carbons (Fsp3) is 0.0476. The third kappa shape index (κ3) is 5.69. The van der Waals surface area contributed by atoms with Gasteiger partial charge in [0.25, 0.3) is 0 Å². The predicted octanol–water partition coefficient (Wildman–Crippen LogP) is 9.56. The van der Waals surface area contributed by atoms with E-state index in [2.05, 4.69) is 12.1 Å². The molecule has 48 heavy (non-hydrogen) atoms. The summed E-state index contributed by atoms with van der Waals surface area (Å²) in [6, 6.07) is 54.6. The zero-order valence-electron chi connectivity index (χ0n) is 26.7. The molecule has 2 atom stereocenters. The van der Waals surface area contributed by atoms with Crippen LogP contribution >= 0.6 is 14.7 Å². The van der Waals surface area contributed by atoms with Gasteiger partial charge in [-0.2, -0.15) is 0 Å². The van der Waals surface area contributed by atoms with E-state index in [0.29, 0.717) is 11.5 Å². The third-order valence-corrected chi connectivity index (χ3v) is 13.6. The van der Waals surface area contributed by atoms with Crippen LogP contribution in [0.15, 0.2) is 176 Å². The highest BCUT2D eigenvalue weighted by Crippen LogP contribution is 2.55. The Morgan fingerprint density at radius 3 is 1.35 bits per heavy atom. The molecular weight excluding hydrogens is 630 g/mol. The maximum absolute atomic E-state index is 13.9. The molecule has 8 rings (SSSR count). The molecule has 0 bridgehead atoms. The van der Waals surface area contributed by atoms with Crippen LogP contribution in [0.2, 0.25) is 0 Å². The molecule has 0 radical (unpaired) electrons. The molecule has 0 aromatic heterocycles. The van der Waals surface area contributed by atoms with Crippen molar-refractivity contribution in [3.05, 3.63) is 198 Å². The lowest BCUT2D eigenvalue weighted by Crippen LogP contribution is -2.25. The summed E-state index contributed by atoms with van der Waals surface area (Å²) >= 11 is 0. The van der Waals surface area contributed by atoms with Gasteiger partial charge in [-0.3, -0.25) is 9.13 Å². The summed E-state index contributed by atoms with van der Waals surface area (Å²) in [6.45, 7) is 3.92. The van der Waals surface area contributed by atoms with E-state index in [-0.39, 0.29) is 0 Å². The van der Waals surface area contributed by atoms with Crippen LogP contribution in [0.5, 0.6) is 0 Å². The molecule has 0 N–H and O–H groups in total. The molecule has 2 aliphatic rings. The van der Waals surface area contributed by atoms with Crippen molar-refractivity contribution < 1.29 is 18.2 Å². The summed E-state index contributed by atoms with van der Waals surface area (Å²) in [6.07, 6.45) is 0. The number of hydrogen-bond donors (Lipinski definition) is 0. The molecule has 0 saturated heterocycles. The van der Waals surface area contributed by atoms with E-state index in [0.717, 1.165) is 54.6 Å². The van der Waals surface area contributed by atoms with Crippen molar-refractivity contribution in [3.63, 3.8) is 0 Å². The number of fused-ring (bicyclic) bond motifs is 2. The molecule has 0 fully saturated rings. The molecule has 0 saturated carbocycles. The Morgan fingerprint density at radius 2 is 0.812 bits per heavy atom. The molecule has 2 heterocycles. The van der Waals surface area contributed by atoms with Gasteiger partial charge in [-0.05, 0) is 61.4 Å². The Labute approximate surface area is 282 Å². The van der Waals surface area contributed by atoms with Crippen molar-refractivity contribution in [3.8, 4) is 0 Å². The predicted molar refractivity (Wildman–Crippen MR) is 199 cm³/mol. The number of rotatable bonds is 4. The zero-order valence-corrected chi connectivity index (χ0v) is 28.5. The highest BCUT2D eigenvalue weighted by molar-refractivity contribution is 7.75. The van der Waals surface area contributed by atoms with Gasteiger partial charge in [-0.1, -0.05) is 133 Å². The fourth-order valence-electron chi connectivity index (χ4n) is 6.29. The Kier molecular flexibility index (Phi) is 8.63. The Morgan fingerprint density at radius 1 is 0.417 bits per heavy atom. The molecular formula is C42H34O4P2. The van der Waals surface area contributed by atoms with Crippen LogP contribution < -0.4 is 21.2 Å². The van der Waals surface area contributed by atoms with Gasteiger partial charge in [0.05, 0.1) is 21.2 Å². The first-order valence-corrected chi connectivity index (χ1v) is 19.1. The summed E-state index contributed by atoms with van der Waals surface area (Å²) < 4.78 is 40.0. The highest BCUT2D eigenvalue weighted by atomic mass is 31.2. The second-order valence-electron chi connectivity index (χ2n) is 11.6. The van der Waals surface area contributed by atoms with E-state index >= 15 is 0 Å². The van der Waals surface area contributed by atoms with Crippen molar-refractivity contribution in [1.82, 2.24) is 0 Å². The van der Waals surface area contributed by atoms with Crippen molar-refractivity contribution in [2.75, 3.05) is 0 Å². The van der Waals surface area contributed by atoms with Crippen LogP contribution in [0.3, 0.4) is 0 Å². The molecule has 0 aliphatic carbocycles. The summed E-state index contributed by atoms with van der Waals surface area (Å²) in [5, 5.41) is 2.98. The van der Waals surface area contributed by atoms with Gasteiger partial charge in [0.15, 0.2) is 0 Å². The fourth-order valence-corrected chi connectivity index (χ4v) is 11.0. The van der Waals surface area contributed by atoms with Crippen LogP contribution in [0.4, 0.5) is 0 Å². The van der Waals surface area contributed by atoms with Gasteiger partial charge in [0.2, 0.25) is 0 Å². The minimum atomic E-state index is -3.17. The maximum Gasteiger partial charge on any atom is 0.307 e. The van der Waals surface area contributed by atoms with Crippen molar-refractivity contribution >= 4 is 52.9 Å². The molecule has 236 valence electrons. The third-order valence-electron chi connectivity index (χ3n) is 8.58. The van der Waals surface area contributed by atoms with Gasteiger partial charge in [0.1, 0.15) is 11.5 Å². The van der Waals surface area contributed by atoms with Crippen molar-refractivity contribution in [1.29, 1.82) is 0 Å². The molecule has 6 aromatic carbocycles. The van der Waals surface area contributed by atoms with E-state index in [9.17, 15) is 9.13 Å². The zero-order chi connectivity index (χ0) is 33.1. The van der Waals surface area contributed by atoms with Crippen LogP contribution in [0.25, 0.3) is 16.9 Å². The molecule has 2 unspecified atom stereocenters. The lowest BCUT2D eigenvalue weighted by Gasteiger charge is -2.30. The Bertz CT molecular complexity index is 2240. The molecule has 4 nitrogen and oxygen atoms in total. The number of benzene rings is 6. The minimum absolute atomic E-state index is 0.696. The molecule has 0 spiro atoms. The minimum Gasteiger partial charge on any atom is -0.441 e. The maximum atomic E-state index is 13.9. The van der Waals surface area contributed by atoms with Crippen LogP contribution in [-0.2, 0) is 18.2 Å². The van der Waals surface area contributed by atoms with Gasteiger partial charge < -0.3 is 9.05 Å². The summed E-state index contributed by atoms with van der Waals surface area (Å²) in [4.78, 5) is 0. The van der Waals surface area contributed by atoms with Gasteiger partial charge in [-0.25, -0.2) is 0 Å². The lowest BCUT2D eigenvalue weighted by molar-refractivity contribution is 0.422.